The zero-order chi connectivity index (χ0) is 18.0. The van der Waals surface area contributed by atoms with E-state index in [2.05, 4.69) is 46.1 Å². The first-order valence-electron chi connectivity index (χ1n) is 8.70. The van der Waals surface area contributed by atoms with E-state index in [0.29, 0.717) is 18.8 Å². The Morgan fingerprint density at radius 2 is 2.12 bits per heavy atom. The summed E-state index contributed by atoms with van der Waals surface area (Å²) in [5.41, 5.74) is 5.12. The van der Waals surface area contributed by atoms with Crippen molar-refractivity contribution < 1.29 is 4.79 Å². The molecule has 3 aromatic rings. The van der Waals surface area contributed by atoms with Gasteiger partial charge in [-0.2, -0.15) is 10.2 Å². The number of amides is 1. The van der Waals surface area contributed by atoms with Crippen molar-refractivity contribution in [1.29, 1.82) is 0 Å². The molecule has 6 nitrogen and oxygen atoms in total. The number of nitrogens with one attached hydrogen (secondary N) is 2. The number of benzene rings is 1. The lowest BCUT2D eigenvalue weighted by molar-refractivity contribution is -0.116. The predicted octanol–water partition coefficient (Wildman–Crippen LogP) is 3.60. The number of nitrogens with zero attached hydrogens (tertiary/aromatic N) is 3. The summed E-state index contributed by atoms with van der Waals surface area (Å²) in [6.45, 7) is 9.37. The quantitative estimate of drug-likeness (QED) is 0.720. The molecule has 0 unspecified atom stereocenters. The van der Waals surface area contributed by atoms with Gasteiger partial charge in [-0.1, -0.05) is 13.8 Å². The Morgan fingerprint density at radius 1 is 1.32 bits per heavy atom. The van der Waals surface area contributed by atoms with E-state index in [1.165, 1.54) is 11.3 Å². The third kappa shape index (κ3) is 3.90. The molecule has 0 aliphatic carbocycles. The molecule has 3 rings (SSSR count). The van der Waals surface area contributed by atoms with E-state index in [0.717, 1.165) is 28.8 Å². The highest BCUT2D eigenvalue weighted by Crippen LogP contribution is 2.19. The van der Waals surface area contributed by atoms with Gasteiger partial charge in [-0.3, -0.25) is 14.6 Å². The van der Waals surface area contributed by atoms with Crippen LogP contribution in [-0.4, -0.2) is 25.9 Å². The fourth-order valence-corrected chi connectivity index (χ4v) is 3.10. The number of hydrogen-bond donors (Lipinski definition) is 2. The number of fused-ring (bicyclic) bond motifs is 1. The van der Waals surface area contributed by atoms with Crippen LogP contribution in [0.4, 0.5) is 5.69 Å². The van der Waals surface area contributed by atoms with Crippen molar-refractivity contribution in [3.63, 3.8) is 0 Å². The van der Waals surface area contributed by atoms with Gasteiger partial charge >= 0.3 is 0 Å². The van der Waals surface area contributed by atoms with Crippen molar-refractivity contribution >= 4 is 22.5 Å². The molecule has 1 amide bonds. The first-order chi connectivity index (χ1) is 11.9. The summed E-state index contributed by atoms with van der Waals surface area (Å²) in [5.74, 6) is 0.560. The molecule has 0 atom stereocenters. The van der Waals surface area contributed by atoms with Crippen molar-refractivity contribution in [2.24, 2.45) is 5.92 Å². The second kappa shape index (κ2) is 7.09. The molecule has 25 heavy (non-hydrogen) atoms. The van der Waals surface area contributed by atoms with Crippen LogP contribution in [0.25, 0.3) is 10.9 Å². The summed E-state index contributed by atoms with van der Waals surface area (Å²) in [6.07, 6.45) is 2.90. The van der Waals surface area contributed by atoms with E-state index in [4.69, 9.17) is 0 Å². The molecule has 132 valence electrons. The van der Waals surface area contributed by atoms with Crippen LogP contribution in [-0.2, 0) is 17.8 Å². The average Bonchev–Trinajstić information content (AvgIpc) is 3.10. The fourth-order valence-electron chi connectivity index (χ4n) is 3.10. The molecule has 2 heterocycles. The Balaban J connectivity index is 1.63. The van der Waals surface area contributed by atoms with Crippen LogP contribution in [0.3, 0.4) is 0 Å². The molecule has 0 aliphatic rings. The molecule has 0 saturated heterocycles. The van der Waals surface area contributed by atoms with Gasteiger partial charge in [0.05, 0.1) is 17.4 Å². The molecule has 6 heteroatoms. The molecule has 2 N–H and O–H groups in total. The van der Waals surface area contributed by atoms with Crippen molar-refractivity contribution in [2.45, 2.75) is 47.1 Å². The van der Waals surface area contributed by atoms with Gasteiger partial charge in [0.15, 0.2) is 0 Å². The lowest BCUT2D eigenvalue weighted by Gasteiger charge is -2.08. The highest BCUT2D eigenvalue weighted by atomic mass is 16.1. The SMILES string of the molecule is Cc1nn(CC(C)C)c(C)c1CCC(=O)Nc1ccc2[nH]ncc2c1. The number of hydrogen-bond acceptors (Lipinski definition) is 3. The largest absolute Gasteiger partial charge is 0.326 e. The molecule has 0 saturated carbocycles. The van der Waals surface area contributed by atoms with Crippen LogP contribution >= 0.6 is 0 Å². The number of aromatic nitrogens is 4. The van der Waals surface area contributed by atoms with Crippen LogP contribution < -0.4 is 5.32 Å². The Labute approximate surface area is 147 Å². The maximum absolute atomic E-state index is 12.3. The molecule has 0 aliphatic heterocycles. The van der Waals surface area contributed by atoms with Gasteiger partial charge in [-0.15, -0.1) is 0 Å². The lowest BCUT2D eigenvalue weighted by Crippen LogP contribution is -2.13. The summed E-state index contributed by atoms with van der Waals surface area (Å²) in [4.78, 5) is 12.3. The smallest absolute Gasteiger partial charge is 0.224 e. The maximum atomic E-state index is 12.3. The normalized spacial score (nSPS) is 11.4. The van der Waals surface area contributed by atoms with Crippen molar-refractivity contribution in [1.82, 2.24) is 20.0 Å². The number of aryl methyl sites for hydroxylation is 1. The first-order valence-corrected chi connectivity index (χ1v) is 8.70. The maximum Gasteiger partial charge on any atom is 0.224 e. The number of carbonyl (C=O) groups excluding carboxylic acids is 1. The number of aromatic amines is 1. The van der Waals surface area contributed by atoms with Crippen LogP contribution in [0.5, 0.6) is 0 Å². The minimum absolute atomic E-state index is 0.0123. The standard InChI is InChI=1S/C19H25N5O/c1-12(2)11-24-14(4)17(13(3)23-24)6-8-19(25)21-16-5-7-18-15(9-16)10-20-22-18/h5,7,9-10,12H,6,8,11H2,1-4H3,(H,20,22)(H,21,25). The van der Waals surface area contributed by atoms with E-state index in [1.54, 1.807) is 6.20 Å². The zero-order valence-corrected chi connectivity index (χ0v) is 15.3. The van der Waals surface area contributed by atoms with Gasteiger partial charge in [0, 0.05) is 29.7 Å². The molecular weight excluding hydrogens is 314 g/mol. The first kappa shape index (κ1) is 17.2. The van der Waals surface area contributed by atoms with E-state index < -0.39 is 0 Å². The zero-order valence-electron chi connectivity index (χ0n) is 15.3. The lowest BCUT2D eigenvalue weighted by atomic mass is 10.1. The molecule has 2 aromatic heterocycles. The van der Waals surface area contributed by atoms with Gasteiger partial charge in [0.2, 0.25) is 5.91 Å². The second-order valence-electron chi connectivity index (χ2n) is 6.95. The number of anilines is 1. The van der Waals surface area contributed by atoms with Crippen molar-refractivity contribution in [2.75, 3.05) is 5.32 Å². The summed E-state index contributed by atoms with van der Waals surface area (Å²) in [6, 6.07) is 5.73. The molecular formula is C19H25N5O. The van der Waals surface area contributed by atoms with E-state index in [1.807, 2.05) is 25.1 Å². The van der Waals surface area contributed by atoms with Gasteiger partial charge in [-0.05, 0) is 49.9 Å². The fraction of sp³-hybridized carbons (Fsp3) is 0.421. The summed E-state index contributed by atoms with van der Waals surface area (Å²) < 4.78 is 2.06. The van der Waals surface area contributed by atoms with Gasteiger partial charge in [-0.25, -0.2) is 0 Å². The van der Waals surface area contributed by atoms with E-state index in [-0.39, 0.29) is 5.91 Å². The van der Waals surface area contributed by atoms with E-state index >= 15 is 0 Å². The van der Waals surface area contributed by atoms with Crippen LogP contribution in [0.2, 0.25) is 0 Å². The molecule has 0 fully saturated rings. The summed E-state index contributed by atoms with van der Waals surface area (Å²) >= 11 is 0. The third-order valence-corrected chi connectivity index (χ3v) is 4.40. The minimum atomic E-state index is 0.0123. The Hall–Kier alpha value is -2.63. The molecule has 0 radical (unpaired) electrons. The number of carbonyl (C=O) groups is 1. The van der Waals surface area contributed by atoms with Gasteiger partial charge in [0.25, 0.3) is 0 Å². The second-order valence-corrected chi connectivity index (χ2v) is 6.95. The van der Waals surface area contributed by atoms with Crippen LogP contribution in [0.15, 0.2) is 24.4 Å². The minimum Gasteiger partial charge on any atom is -0.326 e. The summed E-state index contributed by atoms with van der Waals surface area (Å²) in [7, 11) is 0. The monoisotopic (exact) mass is 339 g/mol. The van der Waals surface area contributed by atoms with Gasteiger partial charge in [0.1, 0.15) is 0 Å². The molecule has 0 bridgehead atoms. The summed E-state index contributed by atoms with van der Waals surface area (Å²) in [5, 5.41) is 15.5. The third-order valence-electron chi connectivity index (χ3n) is 4.40. The Morgan fingerprint density at radius 3 is 2.88 bits per heavy atom. The predicted molar refractivity (Wildman–Crippen MR) is 99.6 cm³/mol. The topological polar surface area (TPSA) is 75.6 Å². The average molecular weight is 339 g/mol. The molecule has 1 aromatic carbocycles. The highest BCUT2D eigenvalue weighted by molar-refractivity contribution is 5.93. The van der Waals surface area contributed by atoms with E-state index in [9.17, 15) is 4.79 Å². The Kier molecular flexibility index (Phi) is 4.88. The van der Waals surface area contributed by atoms with Crippen molar-refractivity contribution in [3.8, 4) is 0 Å². The van der Waals surface area contributed by atoms with Crippen molar-refractivity contribution in [3.05, 3.63) is 41.3 Å². The van der Waals surface area contributed by atoms with Gasteiger partial charge < -0.3 is 5.32 Å². The van der Waals surface area contributed by atoms with Crippen LogP contribution in [0.1, 0.15) is 37.2 Å². The molecule has 0 spiro atoms. The number of H-pyrrole nitrogens is 1. The number of rotatable bonds is 6. The Bertz CT molecular complexity index is 890. The van der Waals surface area contributed by atoms with Crippen LogP contribution in [0, 0.1) is 19.8 Å². The highest BCUT2D eigenvalue weighted by Gasteiger charge is 2.14.